The minimum absolute atomic E-state index is 0.0688. The summed E-state index contributed by atoms with van der Waals surface area (Å²) >= 11 is 3.31. The van der Waals surface area contributed by atoms with Crippen LogP contribution in [0.15, 0.2) is 41.0 Å². The maximum absolute atomic E-state index is 13.5. The van der Waals surface area contributed by atoms with Crippen LogP contribution in [-0.2, 0) is 6.42 Å². The fraction of sp³-hybridized carbons (Fsp3) is 0.267. The van der Waals surface area contributed by atoms with Gasteiger partial charge >= 0.3 is 0 Å². The number of nitrogens with one attached hydrogen (secondary N) is 1. The van der Waals surface area contributed by atoms with Crippen LogP contribution in [0.4, 0.5) is 4.39 Å². The average Bonchev–Trinajstić information content (AvgIpc) is 2.41. The number of halogens is 2. The van der Waals surface area contributed by atoms with E-state index in [1.54, 1.807) is 12.3 Å². The molecule has 0 amide bonds. The summed E-state index contributed by atoms with van der Waals surface area (Å²) in [4.78, 5) is 4.43. The third-order valence-electron chi connectivity index (χ3n) is 3.18. The molecular weight excluding hydrogens is 307 g/mol. The number of hydrogen-bond acceptors (Lipinski definition) is 2. The predicted octanol–water partition coefficient (Wildman–Crippen LogP) is 3.79. The lowest BCUT2D eigenvalue weighted by Crippen LogP contribution is -2.21. The summed E-state index contributed by atoms with van der Waals surface area (Å²) in [7, 11) is 1.89. The van der Waals surface area contributed by atoms with Gasteiger partial charge in [0.2, 0.25) is 0 Å². The molecule has 0 aliphatic carbocycles. The van der Waals surface area contributed by atoms with Gasteiger partial charge in [0.1, 0.15) is 5.82 Å². The molecule has 2 nitrogen and oxygen atoms in total. The zero-order chi connectivity index (χ0) is 13.8. The molecule has 1 aromatic carbocycles. The van der Waals surface area contributed by atoms with Crippen LogP contribution in [0.1, 0.15) is 22.9 Å². The van der Waals surface area contributed by atoms with E-state index in [-0.39, 0.29) is 11.9 Å². The lowest BCUT2D eigenvalue weighted by atomic mass is 10.00. The maximum atomic E-state index is 13.5. The Hall–Kier alpha value is -1.26. The topological polar surface area (TPSA) is 24.9 Å². The number of hydrogen-bond donors (Lipinski definition) is 1. The molecule has 0 spiro atoms. The van der Waals surface area contributed by atoms with Crippen LogP contribution in [0.25, 0.3) is 0 Å². The van der Waals surface area contributed by atoms with Gasteiger partial charge in [0.25, 0.3) is 0 Å². The molecule has 1 atom stereocenters. The fourth-order valence-corrected chi connectivity index (χ4v) is 2.55. The summed E-state index contributed by atoms with van der Waals surface area (Å²) in [5, 5.41) is 3.25. The highest BCUT2D eigenvalue weighted by atomic mass is 79.9. The van der Waals surface area contributed by atoms with Crippen molar-refractivity contribution in [3.63, 3.8) is 0 Å². The second-order valence-electron chi connectivity index (χ2n) is 4.46. The third-order valence-corrected chi connectivity index (χ3v) is 4.07. The van der Waals surface area contributed by atoms with Crippen molar-refractivity contribution < 1.29 is 4.39 Å². The smallest absolute Gasteiger partial charge is 0.137 e. The van der Waals surface area contributed by atoms with Gasteiger partial charge in [-0.25, -0.2) is 4.39 Å². The van der Waals surface area contributed by atoms with Crippen LogP contribution in [-0.4, -0.2) is 12.0 Å². The molecule has 1 heterocycles. The van der Waals surface area contributed by atoms with Gasteiger partial charge in [-0.05, 0) is 59.6 Å². The van der Waals surface area contributed by atoms with Gasteiger partial charge in [0, 0.05) is 6.20 Å². The van der Waals surface area contributed by atoms with Crippen LogP contribution in [0.2, 0.25) is 0 Å². The van der Waals surface area contributed by atoms with Gasteiger partial charge < -0.3 is 5.32 Å². The van der Waals surface area contributed by atoms with Gasteiger partial charge in [0.05, 0.1) is 16.2 Å². The van der Waals surface area contributed by atoms with Crippen molar-refractivity contribution in [3.8, 4) is 0 Å². The largest absolute Gasteiger partial charge is 0.311 e. The third kappa shape index (κ3) is 3.19. The molecule has 0 fully saturated rings. The molecule has 2 rings (SSSR count). The Bertz CT molecular complexity index is 572. The Kier molecular flexibility index (Phi) is 4.66. The van der Waals surface area contributed by atoms with Crippen molar-refractivity contribution in [1.29, 1.82) is 0 Å². The van der Waals surface area contributed by atoms with Crippen molar-refractivity contribution in [1.82, 2.24) is 10.3 Å². The molecule has 1 N–H and O–H groups in total. The SMILES string of the molecule is CNC(Cc1cccc(F)c1Br)c1ncccc1C. The molecule has 1 aromatic heterocycles. The molecule has 0 aliphatic rings. The molecule has 2 aromatic rings. The minimum atomic E-state index is -0.231. The molecule has 0 bridgehead atoms. The van der Waals surface area contributed by atoms with Crippen molar-refractivity contribution in [2.75, 3.05) is 7.05 Å². The Morgan fingerprint density at radius 2 is 2.11 bits per heavy atom. The first-order valence-corrected chi connectivity index (χ1v) is 6.94. The summed E-state index contributed by atoms with van der Waals surface area (Å²) in [5.74, 6) is -0.231. The Labute approximate surface area is 121 Å². The molecule has 0 radical (unpaired) electrons. The van der Waals surface area contributed by atoms with Gasteiger partial charge in [-0.2, -0.15) is 0 Å². The summed E-state index contributed by atoms with van der Waals surface area (Å²) in [6.45, 7) is 2.04. The summed E-state index contributed by atoms with van der Waals surface area (Å²) in [5.41, 5.74) is 3.07. The molecule has 100 valence electrons. The number of aromatic nitrogens is 1. The minimum Gasteiger partial charge on any atom is -0.311 e. The van der Waals surface area contributed by atoms with E-state index in [1.165, 1.54) is 6.07 Å². The highest BCUT2D eigenvalue weighted by Crippen LogP contribution is 2.26. The van der Waals surface area contributed by atoms with Crippen molar-refractivity contribution in [2.24, 2.45) is 0 Å². The van der Waals surface area contributed by atoms with E-state index in [4.69, 9.17) is 0 Å². The second-order valence-corrected chi connectivity index (χ2v) is 5.26. The predicted molar refractivity (Wildman–Crippen MR) is 78.6 cm³/mol. The number of likely N-dealkylation sites (N-methyl/N-ethyl adjacent to an activating group) is 1. The summed E-state index contributed by atoms with van der Waals surface area (Å²) in [6, 6.07) is 9.13. The molecule has 4 heteroatoms. The fourth-order valence-electron chi connectivity index (χ4n) is 2.12. The number of nitrogens with zero attached hydrogens (tertiary/aromatic N) is 1. The highest BCUT2D eigenvalue weighted by Gasteiger charge is 2.16. The van der Waals surface area contributed by atoms with Gasteiger partial charge in [-0.15, -0.1) is 0 Å². The van der Waals surface area contributed by atoms with Crippen molar-refractivity contribution in [2.45, 2.75) is 19.4 Å². The molecular formula is C15H16BrFN2. The summed E-state index contributed by atoms with van der Waals surface area (Å²) < 4.78 is 14.1. The zero-order valence-electron chi connectivity index (χ0n) is 11.0. The molecule has 0 saturated heterocycles. The Morgan fingerprint density at radius 3 is 2.79 bits per heavy atom. The van der Waals surface area contributed by atoms with E-state index in [2.05, 4.69) is 26.2 Å². The zero-order valence-corrected chi connectivity index (χ0v) is 12.5. The lowest BCUT2D eigenvalue weighted by Gasteiger charge is -2.18. The summed E-state index contributed by atoms with van der Waals surface area (Å²) in [6.07, 6.45) is 2.47. The van der Waals surface area contributed by atoms with E-state index in [1.807, 2.05) is 32.2 Å². The first-order valence-electron chi connectivity index (χ1n) is 6.15. The van der Waals surface area contributed by atoms with Crippen LogP contribution < -0.4 is 5.32 Å². The van der Waals surface area contributed by atoms with Crippen LogP contribution >= 0.6 is 15.9 Å². The Balaban J connectivity index is 2.30. The molecule has 19 heavy (non-hydrogen) atoms. The maximum Gasteiger partial charge on any atom is 0.137 e. The molecule has 0 aliphatic heterocycles. The first kappa shape index (κ1) is 14.2. The quantitative estimate of drug-likeness (QED) is 0.926. The first-order chi connectivity index (χ1) is 9.13. The molecule has 0 saturated carbocycles. The van der Waals surface area contributed by atoms with E-state index in [0.717, 1.165) is 16.8 Å². The highest BCUT2D eigenvalue weighted by molar-refractivity contribution is 9.10. The standard InChI is InChI=1S/C15H16BrFN2/c1-10-5-4-8-19-15(10)13(18-2)9-11-6-3-7-12(17)14(11)16/h3-8,13,18H,9H2,1-2H3. The normalized spacial score (nSPS) is 12.4. The van der Waals surface area contributed by atoms with E-state index >= 15 is 0 Å². The van der Waals surface area contributed by atoms with Crippen LogP contribution in [0, 0.1) is 12.7 Å². The molecule has 1 unspecified atom stereocenters. The monoisotopic (exact) mass is 322 g/mol. The Morgan fingerprint density at radius 1 is 1.32 bits per heavy atom. The number of rotatable bonds is 4. The van der Waals surface area contributed by atoms with E-state index in [9.17, 15) is 4.39 Å². The van der Waals surface area contributed by atoms with Crippen LogP contribution in [0.3, 0.4) is 0 Å². The number of pyridine rings is 1. The van der Waals surface area contributed by atoms with Gasteiger partial charge in [0.15, 0.2) is 0 Å². The second kappa shape index (κ2) is 6.26. The van der Waals surface area contributed by atoms with E-state index in [0.29, 0.717) is 10.9 Å². The van der Waals surface area contributed by atoms with Crippen LogP contribution in [0.5, 0.6) is 0 Å². The van der Waals surface area contributed by atoms with Gasteiger partial charge in [-0.3, -0.25) is 4.98 Å². The van der Waals surface area contributed by atoms with Crippen molar-refractivity contribution >= 4 is 15.9 Å². The van der Waals surface area contributed by atoms with Crippen molar-refractivity contribution in [3.05, 3.63) is 63.6 Å². The van der Waals surface area contributed by atoms with E-state index < -0.39 is 0 Å². The van der Waals surface area contributed by atoms with Gasteiger partial charge in [-0.1, -0.05) is 18.2 Å². The lowest BCUT2D eigenvalue weighted by molar-refractivity contribution is 0.564. The number of aryl methyl sites for hydroxylation is 1. The number of benzene rings is 1. The average molecular weight is 323 g/mol.